The molecule has 4 aromatic rings. The lowest BCUT2D eigenvalue weighted by Crippen LogP contribution is -2.22. The largest absolute Gasteiger partial charge is 0.338 e. The number of benzene rings is 2. The molecule has 0 unspecified atom stereocenters. The molecule has 1 aliphatic carbocycles. The average Bonchev–Trinajstić information content (AvgIpc) is 3.45. The van der Waals surface area contributed by atoms with Gasteiger partial charge >= 0.3 is 0 Å². The first-order valence-corrected chi connectivity index (χ1v) is 10.0. The Balaban J connectivity index is 1.47. The Bertz CT molecular complexity index is 1270. The van der Waals surface area contributed by atoms with Gasteiger partial charge in [0.05, 0.1) is 16.7 Å². The summed E-state index contributed by atoms with van der Waals surface area (Å²) in [4.78, 5) is 21.6. The molecule has 9 heteroatoms. The van der Waals surface area contributed by atoms with Gasteiger partial charge in [0.2, 0.25) is 11.7 Å². The molecule has 29 heavy (non-hydrogen) atoms. The van der Waals surface area contributed by atoms with Crippen molar-refractivity contribution in [2.45, 2.75) is 29.8 Å². The first-order chi connectivity index (χ1) is 14.1. The van der Waals surface area contributed by atoms with Gasteiger partial charge < -0.3 is 4.52 Å². The lowest BCUT2D eigenvalue weighted by molar-refractivity contribution is 0.391. The van der Waals surface area contributed by atoms with Crippen molar-refractivity contribution in [3.8, 4) is 11.4 Å². The van der Waals surface area contributed by atoms with Crippen molar-refractivity contribution in [2.75, 3.05) is 0 Å². The molecule has 2 aromatic heterocycles. The van der Waals surface area contributed by atoms with E-state index in [1.807, 2.05) is 30.3 Å². The number of nitrogens with zero attached hydrogens (tertiary/aromatic N) is 4. The minimum absolute atomic E-state index is 0.0255. The zero-order valence-electron chi connectivity index (χ0n) is 15.0. The van der Waals surface area contributed by atoms with E-state index in [0.29, 0.717) is 22.6 Å². The third-order valence-corrected chi connectivity index (χ3v) is 5.58. The molecule has 0 spiro atoms. The predicted octanol–water partition coefficient (Wildman–Crippen LogP) is 4.35. The molecule has 146 valence electrons. The van der Waals surface area contributed by atoms with Gasteiger partial charge in [-0.05, 0) is 18.9 Å². The van der Waals surface area contributed by atoms with Crippen molar-refractivity contribution in [1.82, 2.24) is 19.7 Å². The third-order valence-electron chi connectivity index (χ3n) is 4.65. The number of hydrogen-bond acceptors (Lipinski definition) is 6. The van der Waals surface area contributed by atoms with E-state index in [0.717, 1.165) is 30.5 Å². The maximum atomic E-state index is 13.6. The molecule has 2 heterocycles. The number of fused-ring (bicyclic) bond motifs is 1. The fourth-order valence-electron chi connectivity index (χ4n) is 3.07. The van der Waals surface area contributed by atoms with Gasteiger partial charge in [-0.1, -0.05) is 47.3 Å². The standard InChI is InChI=1S/C20H14F2N4O2S/c21-14-8-13-16(9-15(14)22)23-20(26(19(13)27)12-6-7-12)29-10-17-24-18(25-28-17)11-4-2-1-3-5-11/h1-5,8-9,12H,6-7,10H2. The van der Waals surface area contributed by atoms with Crippen LogP contribution in [0.25, 0.3) is 22.3 Å². The van der Waals surface area contributed by atoms with Gasteiger partial charge in [-0.2, -0.15) is 4.98 Å². The molecule has 0 saturated heterocycles. The highest BCUT2D eigenvalue weighted by molar-refractivity contribution is 7.98. The summed E-state index contributed by atoms with van der Waals surface area (Å²) in [6.45, 7) is 0. The fraction of sp³-hybridized carbons (Fsp3) is 0.200. The monoisotopic (exact) mass is 412 g/mol. The second-order valence-corrected chi connectivity index (χ2v) is 7.69. The van der Waals surface area contributed by atoms with E-state index < -0.39 is 11.6 Å². The van der Waals surface area contributed by atoms with E-state index in [1.54, 1.807) is 4.57 Å². The van der Waals surface area contributed by atoms with Gasteiger partial charge in [0.1, 0.15) is 0 Å². The number of halogens is 2. The Labute approximate surface area is 167 Å². The molecule has 0 atom stereocenters. The van der Waals surface area contributed by atoms with E-state index in [4.69, 9.17) is 4.52 Å². The summed E-state index contributed by atoms with van der Waals surface area (Å²) in [6, 6.07) is 11.3. The van der Waals surface area contributed by atoms with Crippen molar-refractivity contribution in [1.29, 1.82) is 0 Å². The van der Waals surface area contributed by atoms with Crippen molar-refractivity contribution in [3.63, 3.8) is 0 Å². The molecule has 0 amide bonds. The van der Waals surface area contributed by atoms with E-state index >= 15 is 0 Å². The smallest absolute Gasteiger partial charge is 0.262 e. The summed E-state index contributed by atoms with van der Waals surface area (Å²) >= 11 is 1.26. The quantitative estimate of drug-likeness (QED) is 0.358. The van der Waals surface area contributed by atoms with Gasteiger partial charge in [-0.25, -0.2) is 13.8 Å². The molecule has 1 aliphatic rings. The Morgan fingerprint density at radius 3 is 2.62 bits per heavy atom. The van der Waals surface area contributed by atoms with E-state index in [9.17, 15) is 13.6 Å². The molecule has 1 fully saturated rings. The molecular formula is C20H14F2N4O2S. The minimum atomic E-state index is -1.06. The third kappa shape index (κ3) is 3.42. The Morgan fingerprint density at radius 2 is 1.86 bits per heavy atom. The highest BCUT2D eigenvalue weighted by atomic mass is 32.2. The second-order valence-electron chi connectivity index (χ2n) is 6.75. The van der Waals surface area contributed by atoms with Crippen LogP contribution in [-0.4, -0.2) is 19.7 Å². The number of aromatic nitrogens is 4. The van der Waals surface area contributed by atoms with Crippen molar-refractivity contribution < 1.29 is 13.3 Å². The van der Waals surface area contributed by atoms with Crippen LogP contribution in [0.3, 0.4) is 0 Å². The first kappa shape index (κ1) is 18.0. The van der Waals surface area contributed by atoms with Crippen LogP contribution in [0.4, 0.5) is 8.78 Å². The first-order valence-electron chi connectivity index (χ1n) is 9.02. The van der Waals surface area contributed by atoms with Gasteiger partial charge in [0.25, 0.3) is 5.56 Å². The zero-order chi connectivity index (χ0) is 20.0. The van der Waals surface area contributed by atoms with E-state index in [2.05, 4.69) is 15.1 Å². The van der Waals surface area contributed by atoms with Crippen LogP contribution in [0.5, 0.6) is 0 Å². The highest BCUT2D eigenvalue weighted by Crippen LogP contribution is 2.37. The van der Waals surface area contributed by atoms with Crippen molar-refractivity contribution in [2.24, 2.45) is 0 Å². The summed E-state index contributed by atoms with van der Waals surface area (Å²) in [5, 5.41) is 4.48. The van der Waals surface area contributed by atoms with Crippen LogP contribution in [-0.2, 0) is 5.75 Å². The highest BCUT2D eigenvalue weighted by Gasteiger charge is 2.29. The minimum Gasteiger partial charge on any atom is -0.338 e. The maximum absolute atomic E-state index is 13.6. The SMILES string of the molecule is O=c1c2cc(F)c(F)cc2nc(SCc2nc(-c3ccccc3)no2)n1C1CC1. The summed E-state index contributed by atoms with van der Waals surface area (Å²) in [5.74, 6) is -0.929. The Hall–Kier alpha value is -3.07. The molecule has 1 saturated carbocycles. The van der Waals surface area contributed by atoms with Gasteiger partial charge in [-0.15, -0.1) is 0 Å². The molecule has 0 radical (unpaired) electrons. The maximum Gasteiger partial charge on any atom is 0.262 e. The topological polar surface area (TPSA) is 73.8 Å². The van der Waals surface area contributed by atoms with E-state index in [-0.39, 0.29) is 22.5 Å². The van der Waals surface area contributed by atoms with Crippen molar-refractivity contribution in [3.05, 3.63) is 70.3 Å². The van der Waals surface area contributed by atoms with Crippen LogP contribution >= 0.6 is 11.8 Å². The Kier molecular flexibility index (Phi) is 4.39. The van der Waals surface area contributed by atoms with Gasteiger partial charge in [0, 0.05) is 17.7 Å². The molecule has 5 rings (SSSR count). The Morgan fingerprint density at radius 1 is 1.10 bits per heavy atom. The molecule has 0 bridgehead atoms. The molecule has 6 nitrogen and oxygen atoms in total. The number of rotatable bonds is 5. The fourth-order valence-corrected chi connectivity index (χ4v) is 3.98. The predicted molar refractivity (Wildman–Crippen MR) is 103 cm³/mol. The lowest BCUT2D eigenvalue weighted by atomic mass is 10.2. The normalized spacial score (nSPS) is 13.9. The van der Waals surface area contributed by atoms with Gasteiger partial charge in [-0.3, -0.25) is 9.36 Å². The van der Waals surface area contributed by atoms with E-state index in [1.165, 1.54) is 11.8 Å². The summed E-state index contributed by atoms with van der Waals surface area (Å²) < 4.78 is 34.1. The molecular weight excluding hydrogens is 398 g/mol. The summed E-state index contributed by atoms with van der Waals surface area (Å²) in [5.41, 5.74) is 0.599. The van der Waals surface area contributed by atoms with Crippen LogP contribution in [0.2, 0.25) is 0 Å². The zero-order valence-corrected chi connectivity index (χ0v) is 15.8. The summed E-state index contributed by atoms with van der Waals surface area (Å²) in [7, 11) is 0. The number of hydrogen-bond donors (Lipinski definition) is 0. The summed E-state index contributed by atoms with van der Waals surface area (Å²) in [6.07, 6.45) is 1.70. The average molecular weight is 412 g/mol. The lowest BCUT2D eigenvalue weighted by Gasteiger charge is -2.11. The second kappa shape index (κ2) is 7.07. The number of thioether (sulfide) groups is 1. The van der Waals surface area contributed by atoms with Crippen LogP contribution < -0.4 is 5.56 Å². The van der Waals surface area contributed by atoms with Crippen LogP contribution in [0.1, 0.15) is 24.8 Å². The van der Waals surface area contributed by atoms with Crippen molar-refractivity contribution >= 4 is 22.7 Å². The molecule has 2 aromatic carbocycles. The van der Waals surface area contributed by atoms with Crippen LogP contribution in [0, 0.1) is 11.6 Å². The molecule has 0 N–H and O–H groups in total. The van der Waals surface area contributed by atoms with Gasteiger partial charge in [0.15, 0.2) is 16.8 Å². The van der Waals surface area contributed by atoms with Crippen LogP contribution in [0.15, 0.2) is 56.9 Å². The molecule has 0 aliphatic heterocycles.